The highest BCUT2D eigenvalue weighted by atomic mass is 32.1. The van der Waals surface area contributed by atoms with Crippen molar-refractivity contribution in [3.8, 4) is 0 Å². The number of carboxylic acids is 1. The second-order valence-electron chi connectivity index (χ2n) is 6.19. The average molecular weight is 376 g/mol. The van der Waals surface area contributed by atoms with Crippen molar-refractivity contribution in [2.45, 2.75) is 39.2 Å². The third-order valence-electron chi connectivity index (χ3n) is 4.27. The van der Waals surface area contributed by atoms with Gasteiger partial charge in [0.15, 0.2) is 0 Å². The lowest BCUT2D eigenvalue weighted by molar-refractivity contribution is -0.149. The monoisotopic (exact) mass is 376 g/mol. The first-order valence-corrected chi connectivity index (χ1v) is 9.50. The summed E-state index contributed by atoms with van der Waals surface area (Å²) in [6.45, 7) is 3.31. The van der Waals surface area contributed by atoms with Crippen LogP contribution in [-0.4, -0.2) is 46.9 Å². The summed E-state index contributed by atoms with van der Waals surface area (Å²) in [6.07, 6.45) is 1.71. The third-order valence-corrected chi connectivity index (χ3v) is 5.28. The van der Waals surface area contributed by atoms with Crippen LogP contribution >= 0.6 is 11.3 Å². The van der Waals surface area contributed by atoms with E-state index in [9.17, 15) is 19.5 Å². The van der Waals surface area contributed by atoms with Gasteiger partial charge in [0.25, 0.3) is 0 Å². The fourth-order valence-corrected chi connectivity index (χ4v) is 3.82. The molecule has 140 valence electrons. The minimum Gasteiger partial charge on any atom is -0.480 e. The predicted molar refractivity (Wildman–Crippen MR) is 102 cm³/mol. The molecule has 2 rings (SSSR count). The van der Waals surface area contributed by atoms with Crippen molar-refractivity contribution in [2.75, 3.05) is 13.1 Å². The first-order valence-electron chi connectivity index (χ1n) is 8.62. The number of hydrogen-bond acceptors (Lipinski definition) is 4. The lowest BCUT2D eigenvalue weighted by atomic mass is 10.1. The Morgan fingerprint density at radius 2 is 2.00 bits per heavy atom. The molecule has 0 bridgehead atoms. The standard InChI is InChI=1S/C19H24N2O4S/c1-13(19(24)25)21(11-10-20-14(2)22)18(23)9-5-6-15-12-26-17-8-4-3-7-16(15)17/h3-4,7-8,12-13H,5-6,9-11H2,1-2H3,(H,20,22)(H,24,25). The number of carbonyl (C=O) groups is 3. The second-order valence-corrected chi connectivity index (χ2v) is 7.11. The Morgan fingerprint density at radius 3 is 2.69 bits per heavy atom. The maximum atomic E-state index is 12.5. The predicted octanol–water partition coefficient (Wildman–Crippen LogP) is 2.66. The molecule has 2 amide bonds. The summed E-state index contributed by atoms with van der Waals surface area (Å²) in [5.41, 5.74) is 1.22. The smallest absolute Gasteiger partial charge is 0.326 e. The van der Waals surface area contributed by atoms with Crippen LogP contribution in [0.1, 0.15) is 32.3 Å². The lowest BCUT2D eigenvalue weighted by Crippen LogP contribution is -2.46. The van der Waals surface area contributed by atoms with Crippen molar-refractivity contribution < 1.29 is 19.5 Å². The summed E-state index contributed by atoms with van der Waals surface area (Å²) in [5.74, 6) is -1.46. The van der Waals surface area contributed by atoms with Crippen molar-refractivity contribution in [1.82, 2.24) is 10.2 Å². The molecule has 1 aromatic heterocycles. The molecule has 0 saturated heterocycles. The van der Waals surface area contributed by atoms with Crippen molar-refractivity contribution in [3.05, 3.63) is 35.2 Å². The number of aliphatic carboxylic acids is 1. The van der Waals surface area contributed by atoms with Crippen LogP contribution in [0.5, 0.6) is 0 Å². The van der Waals surface area contributed by atoms with Gasteiger partial charge >= 0.3 is 5.97 Å². The van der Waals surface area contributed by atoms with Crippen LogP contribution in [0, 0.1) is 0 Å². The molecule has 0 aliphatic heterocycles. The topological polar surface area (TPSA) is 86.7 Å². The van der Waals surface area contributed by atoms with Crippen LogP contribution in [0.3, 0.4) is 0 Å². The number of hydrogen-bond donors (Lipinski definition) is 2. The number of nitrogens with one attached hydrogen (secondary N) is 1. The van der Waals surface area contributed by atoms with Gasteiger partial charge < -0.3 is 15.3 Å². The molecular weight excluding hydrogens is 352 g/mol. The van der Waals surface area contributed by atoms with Crippen molar-refractivity contribution in [2.24, 2.45) is 0 Å². The minimum atomic E-state index is -1.05. The van der Waals surface area contributed by atoms with Crippen LogP contribution in [0.2, 0.25) is 0 Å². The summed E-state index contributed by atoms with van der Waals surface area (Å²) < 4.78 is 1.23. The number of nitrogens with zero attached hydrogens (tertiary/aromatic N) is 1. The molecular formula is C19H24N2O4S. The SMILES string of the molecule is CC(=O)NCCN(C(=O)CCCc1csc2ccccc12)C(C)C(=O)O. The third kappa shape index (κ3) is 5.29. The molecule has 1 unspecified atom stereocenters. The molecule has 7 heteroatoms. The van der Waals surface area contributed by atoms with Gasteiger partial charge in [-0.15, -0.1) is 11.3 Å². The largest absolute Gasteiger partial charge is 0.480 e. The zero-order valence-corrected chi connectivity index (χ0v) is 15.8. The van der Waals surface area contributed by atoms with E-state index in [2.05, 4.69) is 22.8 Å². The summed E-state index contributed by atoms with van der Waals surface area (Å²) in [6, 6.07) is 7.24. The van der Waals surface area contributed by atoms with E-state index >= 15 is 0 Å². The zero-order chi connectivity index (χ0) is 19.1. The zero-order valence-electron chi connectivity index (χ0n) is 15.0. The molecule has 1 aromatic carbocycles. The highest BCUT2D eigenvalue weighted by molar-refractivity contribution is 7.17. The minimum absolute atomic E-state index is 0.188. The highest BCUT2D eigenvalue weighted by Gasteiger charge is 2.24. The van der Waals surface area contributed by atoms with E-state index in [4.69, 9.17) is 0 Å². The number of aryl methyl sites for hydroxylation is 1. The van der Waals surface area contributed by atoms with Crippen LogP contribution in [-0.2, 0) is 20.8 Å². The van der Waals surface area contributed by atoms with E-state index in [-0.39, 0.29) is 31.3 Å². The highest BCUT2D eigenvalue weighted by Crippen LogP contribution is 2.26. The lowest BCUT2D eigenvalue weighted by Gasteiger charge is -2.26. The van der Waals surface area contributed by atoms with Gasteiger partial charge in [0, 0.05) is 31.1 Å². The molecule has 0 spiro atoms. The summed E-state index contributed by atoms with van der Waals surface area (Å²) in [4.78, 5) is 36.1. The van der Waals surface area contributed by atoms with Gasteiger partial charge in [-0.3, -0.25) is 9.59 Å². The quantitative estimate of drug-likeness (QED) is 0.704. The molecule has 6 nitrogen and oxygen atoms in total. The van der Waals surface area contributed by atoms with Gasteiger partial charge in [-0.1, -0.05) is 18.2 Å². The maximum absolute atomic E-state index is 12.5. The Morgan fingerprint density at radius 1 is 1.27 bits per heavy atom. The summed E-state index contributed by atoms with van der Waals surface area (Å²) >= 11 is 1.69. The fraction of sp³-hybridized carbons (Fsp3) is 0.421. The number of rotatable bonds is 9. The fourth-order valence-electron chi connectivity index (χ4n) is 2.82. The number of carboxylic acid groups (broad SMARTS) is 1. The van der Waals surface area contributed by atoms with Crippen LogP contribution < -0.4 is 5.32 Å². The Balaban J connectivity index is 1.93. The molecule has 0 saturated carbocycles. The number of thiophene rings is 1. The van der Waals surface area contributed by atoms with E-state index in [0.717, 1.165) is 6.42 Å². The van der Waals surface area contributed by atoms with Crippen LogP contribution in [0.25, 0.3) is 10.1 Å². The second kappa shape index (κ2) is 9.33. The van der Waals surface area contributed by atoms with E-state index in [0.29, 0.717) is 6.42 Å². The Bertz CT molecular complexity index is 787. The van der Waals surface area contributed by atoms with Gasteiger partial charge in [0.2, 0.25) is 11.8 Å². The Kier molecular flexibility index (Phi) is 7.15. The molecule has 1 atom stereocenters. The summed E-state index contributed by atoms with van der Waals surface area (Å²) in [5, 5.41) is 15.2. The van der Waals surface area contributed by atoms with Gasteiger partial charge in [-0.2, -0.15) is 0 Å². The molecule has 1 heterocycles. The molecule has 2 N–H and O–H groups in total. The molecule has 0 aliphatic rings. The van der Waals surface area contributed by atoms with Gasteiger partial charge in [-0.25, -0.2) is 4.79 Å². The van der Waals surface area contributed by atoms with E-state index in [1.165, 1.54) is 34.4 Å². The Labute approximate surface area is 156 Å². The van der Waals surface area contributed by atoms with E-state index in [1.807, 2.05) is 12.1 Å². The molecule has 0 aliphatic carbocycles. The van der Waals surface area contributed by atoms with Crippen LogP contribution in [0.15, 0.2) is 29.6 Å². The number of carbonyl (C=O) groups excluding carboxylic acids is 2. The molecule has 0 radical (unpaired) electrons. The molecule has 0 fully saturated rings. The first-order chi connectivity index (χ1) is 12.4. The average Bonchev–Trinajstić information content (AvgIpc) is 3.01. The number of benzene rings is 1. The Hall–Kier alpha value is -2.41. The molecule has 2 aromatic rings. The van der Waals surface area contributed by atoms with Crippen molar-refractivity contribution >= 4 is 39.2 Å². The molecule has 26 heavy (non-hydrogen) atoms. The summed E-state index contributed by atoms with van der Waals surface area (Å²) in [7, 11) is 0. The maximum Gasteiger partial charge on any atom is 0.326 e. The van der Waals surface area contributed by atoms with Gasteiger partial charge in [-0.05, 0) is 42.2 Å². The van der Waals surface area contributed by atoms with Crippen LogP contribution in [0.4, 0.5) is 0 Å². The van der Waals surface area contributed by atoms with Gasteiger partial charge in [0.1, 0.15) is 6.04 Å². The first kappa shape index (κ1) is 19.9. The van der Waals surface area contributed by atoms with Crippen molar-refractivity contribution in [3.63, 3.8) is 0 Å². The number of amides is 2. The van der Waals surface area contributed by atoms with Gasteiger partial charge in [0.05, 0.1) is 0 Å². The normalized spacial score (nSPS) is 11.9. The number of fused-ring (bicyclic) bond motifs is 1. The van der Waals surface area contributed by atoms with E-state index < -0.39 is 12.0 Å². The van der Waals surface area contributed by atoms with Crippen molar-refractivity contribution in [1.29, 1.82) is 0 Å². The van der Waals surface area contributed by atoms with E-state index in [1.54, 1.807) is 11.3 Å².